The first-order valence-corrected chi connectivity index (χ1v) is 6.19. The highest BCUT2D eigenvalue weighted by atomic mass is 16.3. The van der Waals surface area contributed by atoms with E-state index in [4.69, 9.17) is 0 Å². The van der Waals surface area contributed by atoms with Crippen molar-refractivity contribution in [1.82, 2.24) is 0 Å². The Bertz CT molecular complexity index is 362. The number of aliphatic hydroxyl groups excluding tert-OH is 1. The maximum Gasteiger partial charge on any atom is 0.0741 e. The molecular weight excluding hydrogens is 198 g/mol. The van der Waals surface area contributed by atoms with Crippen LogP contribution in [0.25, 0.3) is 0 Å². The van der Waals surface area contributed by atoms with Crippen molar-refractivity contribution in [3.8, 4) is 0 Å². The van der Waals surface area contributed by atoms with Crippen LogP contribution in [0.4, 0.5) is 5.69 Å². The van der Waals surface area contributed by atoms with Gasteiger partial charge in [0.15, 0.2) is 0 Å². The normalized spacial score (nSPS) is 25.4. The van der Waals surface area contributed by atoms with Gasteiger partial charge in [0.2, 0.25) is 0 Å². The van der Waals surface area contributed by atoms with Crippen LogP contribution >= 0.6 is 0 Å². The van der Waals surface area contributed by atoms with E-state index in [1.807, 2.05) is 0 Å². The summed E-state index contributed by atoms with van der Waals surface area (Å²) in [7, 11) is 0. The summed E-state index contributed by atoms with van der Waals surface area (Å²) in [6, 6.07) is 6.52. The zero-order chi connectivity index (χ0) is 11.5. The van der Waals surface area contributed by atoms with Crippen LogP contribution < -0.4 is 5.32 Å². The van der Waals surface area contributed by atoms with E-state index in [0.29, 0.717) is 0 Å². The van der Waals surface area contributed by atoms with Crippen molar-refractivity contribution < 1.29 is 5.11 Å². The van der Waals surface area contributed by atoms with Crippen LogP contribution in [0.1, 0.15) is 36.8 Å². The van der Waals surface area contributed by atoms with E-state index in [9.17, 15) is 5.11 Å². The summed E-state index contributed by atoms with van der Waals surface area (Å²) < 4.78 is 0. The third-order valence-electron chi connectivity index (χ3n) is 3.68. The molecule has 16 heavy (non-hydrogen) atoms. The minimum absolute atomic E-state index is 0.186. The van der Waals surface area contributed by atoms with E-state index < -0.39 is 0 Å². The van der Waals surface area contributed by atoms with Gasteiger partial charge in [-0.05, 0) is 43.9 Å². The molecule has 0 amide bonds. The molecule has 2 rings (SSSR count). The number of rotatable bonds is 2. The van der Waals surface area contributed by atoms with Gasteiger partial charge in [-0.15, -0.1) is 0 Å². The second-order valence-corrected chi connectivity index (χ2v) is 4.85. The van der Waals surface area contributed by atoms with E-state index in [1.54, 1.807) is 0 Å². The van der Waals surface area contributed by atoms with E-state index in [1.165, 1.54) is 23.2 Å². The van der Waals surface area contributed by atoms with Crippen LogP contribution in [0.3, 0.4) is 0 Å². The number of hydrogen-bond donors (Lipinski definition) is 2. The predicted molar refractivity (Wildman–Crippen MR) is 67.8 cm³/mol. The minimum atomic E-state index is -0.186. The fourth-order valence-electron chi connectivity index (χ4n) is 2.39. The Morgan fingerprint density at radius 3 is 2.69 bits per heavy atom. The Morgan fingerprint density at radius 1 is 1.19 bits per heavy atom. The molecule has 2 nitrogen and oxygen atoms in total. The zero-order valence-corrected chi connectivity index (χ0v) is 10.2. The van der Waals surface area contributed by atoms with Gasteiger partial charge in [0, 0.05) is 5.69 Å². The SMILES string of the molecule is Cc1cccc(N[C@@H]2CCCC[C@H]2O)c1C. The summed E-state index contributed by atoms with van der Waals surface area (Å²) in [6.45, 7) is 4.25. The van der Waals surface area contributed by atoms with Crippen LogP contribution in [0, 0.1) is 13.8 Å². The number of aliphatic hydroxyl groups is 1. The maximum absolute atomic E-state index is 9.93. The molecule has 0 spiro atoms. The van der Waals surface area contributed by atoms with Gasteiger partial charge in [0.1, 0.15) is 0 Å². The van der Waals surface area contributed by atoms with Crippen molar-refractivity contribution in [3.63, 3.8) is 0 Å². The summed E-state index contributed by atoms with van der Waals surface area (Å²) in [5, 5.41) is 13.4. The average Bonchev–Trinajstić information content (AvgIpc) is 2.28. The Morgan fingerprint density at radius 2 is 1.94 bits per heavy atom. The van der Waals surface area contributed by atoms with E-state index in [-0.39, 0.29) is 12.1 Å². The van der Waals surface area contributed by atoms with Crippen molar-refractivity contribution in [2.24, 2.45) is 0 Å². The third kappa shape index (κ3) is 2.38. The summed E-state index contributed by atoms with van der Waals surface area (Å²) in [6.07, 6.45) is 4.21. The smallest absolute Gasteiger partial charge is 0.0741 e. The number of nitrogens with one attached hydrogen (secondary N) is 1. The number of hydrogen-bond acceptors (Lipinski definition) is 2. The third-order valence-corrected chi connectivity index (χ3v) is 3.68. The highest BCUT2D eigenvalue weighted by molar-refractivity contribution is 5.54. The van der Waals surface area contributed by atoms with Crippen LogP contribution in [-0.4, -0.2) is 17.3 Å². The van der Waals surface area contributed by atoms with Crippen LogP contribution in [0.5, 0.6) is 0 Å². The minimum Gasteiger partial charge on any atom is -0.391 e. The molecule has 1 aliphatic carbocycles. The molecule has 0 unspecified atom stereocenters. The first kappa shape index (κ1) is 11.5. The molecule has 1 saturated carbocycles. The lowest BCUT2D eigenvalue weighted by molar-refractivity contribution is 0.116. The fourth-order valence-corrected chi connectivity index (χ4v) is 2.39. The molecule has 0 aromatic heterocycles. The predicted octanol–water partition coefficient (Wildman–Crippen LogP) is 3.02. The first-order valence-electron chi connectivity index (χ1n) is 6.19. The molecule has 0 heterocycles. The molecule has 2 N–H and O–H groups in total. The van der Waals surface area contributed by atoms with Crippen molar-refractivity contribution in [3.05, 3.63) is 29.3 Å². The monoisotopic (exact) mass is 219 g/mol. The molecule has 1 fully saturated rings. The summed E-state index contributed by atoms with van der Waals surface area (Å²) >= 11 is 0. The Kier molecular flexibility index (Phi) is 3.49. The number of anilines is 1. The van der Waals surface area contributed by atoms with Crippen LogP contribution in [-0.2, 0) is 0 Å². The van der Waals surface area contributed by atoms with Crippen LogP contribution in [0.15, 0.2) is 18.2 Å². The summed E-state index contributed by atoms with van der Waals surface area (Å²) in [5.74, 6) is 0. The summed E-state index contributed by atoms with van der Waals surface area (Å²) in [5.41, 5.74) is 3.77. The second-order valence-electron chi connectivity index (χ2n) is 4.85. The second kappa shape index (κ2) is 4.88. The molecular formula is C14H21NO. The van der Waals surface area contributed by atoms with Crippen molar-refractivity contribution >= 4 is 5.69 Å². The lowest BCUT2D eigenvalue weighted by Gasteiger charge is -2.30. The fraction of sp³-hybridized carbons (Fsp3) is 0.571. The maximum atomic E-state index is 9.93. The van der Waals surface area contributed by atoms with Gasteiger partial charge in [-0.1, -0.05) is 25.0 Å². The van der Waals surface area contributed by atoms with Gasteiger partial charge in [-0.3, -0.25) is 0 Å². The largest absolute Gasteiger partial charge is 0.391 e. The lowest BCUT2D eigenvalue weighted by atomic mass is 9.92. The number of benzene rings is 1. The Labute approximate surface area is 97.7 Å². The standard InChI is InChI=1S/C14H21NO/c1-10-6-5-8-12(11(10)2)15-13-7-3-4-9-14(13)16/h5-6,8,13-16H,3-4,7,9H2,1-2H3/t13-,14-/m1/s1. The van der Waals surface area contributed by atoms with Gasteiger partial charge < -0.3 is 10.4 Å². The highest BCUT2D eigenvalue weighted by Crippen LogP contribution is 2.25. The van der Waals surface area contributed by atoms with Gasteiger partial charge in [-0.2, -0.15) is 0 Å². The Hall–Kier alpha value is -1.02. The van der Waals surface area contributed by atoms with Crippen molar-refractivity contribution in [1.29, 1.82) is 0 Å². The molecule has 0 aliphatic heterocycles. The summed E-state index contributed by atoms with van der Waals surface area (Å²) in [4.78, 5) is 0. The molecule has 0 radical (unpaired) electrons. The van der Waals surface area contributed by atoms with Crippen molar-refractivity contribution in [2.75, 3.05) is 5.32 Å². The number of aryl methyl sites for hydroxylation is 1. The first-order chi connectivity index (χ1) is 7.68. The molecule has 0 bridgehead atoms. The lowest BCUT2D eigenvalue weighted by Crippen LogP contribution is -2.36. The van der Waals surface area contributed by atoms with Crippen LogP contribution in [0.2, 0.25) is 0 Å². The average molecular weight is 219 g/mol. The quantitative estimate of drug-likeness (QED) is 0.801. The van der Waals surface area contributed by atoms with E-state index in [2.05, 4.69) is 37.4 Å². The molecule has 2 atom stereocenters. The zero-order valence-electron chi connectivity index (χ0n) is 10.2. The topological polar surface area (TPSA) is 32.3 Å². The molecule has 88 valence electrons. The molecule has 2 heteroatoms. The van der Waals surface area contributed by atoms with Gasteiger partial charge in [-0.25, -0.2) is 0 Å². The molecule has 1 aromatic rings. The van der Waals surface area contributed by atoms with Crippen molar-refractivity contribution in [2.45, 2.75) is 51.7 Å². The van der Waals surface area contributed by atoms with E-state index >= 15 is 0 Å². The highest BCUT2D eigenvalue weighted by Gasteiger charge is 2.22. The Balaban J connectivity index is 2.10. The van der Waals surface area contributed by atoms with Gasteiger partial charge in [0.25, 0.3) is 0 Å². The van der Waals surface area contributed by atoms with Gasteiger partial charge >= 0.3 is 0 Å². The van der Waals surface area contributed by atoms with E-state index in [0.717, 1.165) is 19.3 Å². The van der Waals surface area contributed by atoms with Gasteiger partial charge in [0.05, 0.1) is 12.1 Å². The molecule has 1 aliphatic rings. The molecule has 0 saturated heterocycles. The molecule has 1 aromatic carbocycles.